The number of benzene rings is 2. The lowest BCUT2D eigenvalue weighted by Crippen LogP contribution is -2.20. The van der Waals surface area contributed by atoms with Crippen molar-refractivity contribution in [2.75, 3.05) is 30.1 Å². The topological polar surface area (TPSA) is 76.6 Å². The number of nitrogens with zero attached hydrogens (tertiary/aromatic N) is 1. The first kappa shape index (κ1) is 19.5. The maximum atomic E-state index is 14.7. The van der Waals surface area contributed by atoms with Crippen LogP contribution >= 0.6 is 19.1 Å². The summed E-state index contributed by atoms with van der Waals surface area (Å²) in [6, 6.07) is 10.9. The highest BCUT2D eigenvalue weighted by atomic mass is 32.2. The van der Waals surface area contributed by atoms with Crippen LogP contribution in [-0.2, 0) is 4.57 Å². The third-order valence-electron chi connectivity index (χ3n) is 4.90. The van der Waals surface area contributed by atoms with Crippen molar-refractivity contribution in [3.05, 3.63) is 48.4 Å². The number of β-amino-alcohol motifs (C(OH)–C–C–N with tert-alkyl or cyclic N) is 1. The Morgan fingerprint density at radius 1 is 1.32 bits per heavy atom. The number of thioether (sulfide) groups is 1. The fraction of sp³-hybridized carbons (Fsp3) is 0.300. The van der Waals surface area contributed by atoms with Gasteiger partial charge in [0.15, 0.2) is 0 Å². The Morgan fingerprint density at radius 2 is 2.07 bits per heavy atom. The lowest BCUT2D eigenvalue weighted by molar-refractivity contribution is 0.198. The summed E-state index contributed by atoms with van der Waals surface area (Å²) in [6.45, 7) is 2.77. The van der Waals surface area contributed by atoms with Crippen LogP contribution in [0.15, 0.2) is 47.5 Å². The largest absolute Gasteiger partial charge is 0.391 e. The van der Waals surface area contributed by atoms with Crippen LogP contribution in [0.5, 0.6) is 0 Å². The zero-order valence-corrected chi connectivity index (χ0v) is 17.1. The van der Waals surface area contributed by atoms with Crippen LogP contribution in [0.2, 0.25) is 0 Å². The summed E-state index contributed by atoms with van der Waals surface area (Å²) in [5, 5.41) is 10.5. The van der Waals surface area contributed by atoms with Gasteiger partial charge in [-0.2, -0.15) is 0 Å². The SMILES string of the molecule is CP(=O)(O)CSc1c[nH]c2cc(F)c(-c3ccc(N4CC[C@H](O)C4)cc3)cc12. The number of anilines is 1. The summed E-state index contributed by atoms with van der Waals surface area (Å²) in [5.41, 5.74) is 3.05. The van der Waals surface area contributed by atoms with E-state index in [9.17, 15) is 19.0 Å². The third kappa shape index (κ3) is 4.13. The Bertz CT molecular complexity index is 1050. The Balaban J connectivity index is 1.64. The molecule has 1 saturated heterocycles. The summed E-state index contributed by atoms with van der Waals surface area (Å²) >= 11 is 1.30. The van der Waals surface area contributed by atoms with E-state index in [-0.39, 0.29) is 17.4 Å². The first-order valence-corrected chi connectivity index (χ1v) is 12.3. The summed E-state index contributed by atoms with van der Waals surface area (Å²) in [4.78, 5) is 15.5. The quantitative estimate of drug-likeness (QED) is 0.419. The van der Waals surface area contributed by atoms with Crippen molar-refractivity contribution in [1.29, 1.82) is 0 Å². The van der Waals surface area contributed by atoms with Gasteiger partial charge in [0.2, 0.25) is 7.37 Å². The molecule has 28 heavy (non-hydrogen) atoms. The summed E-state index contributed by atoms with van der Waals surface area (Å²) in [6.07, 6.45) is 2.22. The molecule has 0 saturated carbocycles. The first-order valence-electron chi connectivity index (χ1n) is 9.06. The molecule has 148 valence electrons. The second kappa shape index (κ2) is 7.56. The van der Waals surface area contributed by atoms with Gasteiger partial charge in [-0.05, 0) is 36.2 Å². The molecule has 1 aliphatic heterocycles. The number of hydrogen-bond donors (Lipinski definition) is 3. The zero-order chi connectivity index (χ0) is 19.9. The van der Waals surface area contributed by atoms with Crippen LogP contribution in [0.4, 0.5) is 10.1 Å². The predicted octanol–water partition coefficient (Wildman–Crippen LogP) is 4.49. The Labute approximate surface area is 167 Å². The lowest BCUT2D eigenvalue weighted by atomic mass is 10.0. The molecule has 8 heteroatoms. The number of rotatable bonds is 5. The summed E-state index contributed by atoms with van der Waals surface area (Å²) in [5.74, 6) is -0.321. The summed E-state index contributed by atoms with van der Waals surface area (Å²) < 4.78 is 26.3. The van der Waals surface area contributed by atoms with Gasteiger partial charge in [-0.3, -0.25) is 4.57 Å². The van der Waals surface area contributed by atoms with E-state index in [1.165, 1.54) is 24.5 Å². The van der Waals surface area contributed by atoms with E-state index in [1.54, 1.807) is 12.3 Å². The number of H-pyrrole nitrogens is 1. The van der Waals surface area contributed by atoms with E-state index in [4.69, 9.17) is 0 Å². The van der Waals surface area contributed by atoms with Crippen LogP contribution < -0.4 is 4.90 Å². The molecule has 4 rings (SSSR count). The minimum absolute atomic E-state index is 0.114. The van der Waals surface area contributed by atoms with Crippen molar-refractivity contribution < 1.29 is 19.0 Å². The number of aliphatic hydroxyl groups is 1. The van der Waals surface area contributed by atoms with Crippen molar-refractivity contribution in [2.45, 2.75) is 17.4 Å². The maximum absolute atomic E-state index is 14.7. The minimum atomic E-state index is -3.13. The van der Waals surface area contributed by atoms with Gasteiger partial charge in [0.1, 0.15) is 5.82 Å². The van der Waals surface area contributed by atoms with Crippen molar-refractivity contribution in [2.24, 2.45) is 0 Å². The maximum Gasteiger partial charge on any atom is 0.207 e. The molecule has 0 radical (unpaired) electrons. The normalized spacial score (nSPS) is 19.3. The van der Waals surface area contributed by atoms with Gasteiger partial charge in [0.25, 0.3) is 0 Å². The Kier molecular flexibility index (Phi) is 5.27. The van der Waals surface area contributed by atoms with E-state index in [0.717, 1.165) is 34.5 Å². The van der Waals surface area contributed by atoms with Gasteiger partial charge < -0.3 is 19.9 Å². The number of halogens is 1. The lowest BCUT2D eigenvalue weighted by Gasteiger charge is -2.18. The minimum Gasteiger partial charge on any atom is -0.391 e. The number of aromatic amines is 1. The van der Waals surface area contributed by atoms with Crippen LogP contribution in [0.3, 0.4) is 0 Å². The van der Waals surface area contributed by atoms with Crippen LogP contribution in [-0.4, -0.2) is 46.3 Å². The molecule has 2 heterocycles. The molecule has 5 nitrogen and oxygen atoms in total. The molecular weight excluding hydrogens is 398 g/mol. The second-order valence-electron chi connectivity index (χ2n) is 7.29. The Hall–Kier alpha value is -1.79. The molecule has 0 aliphatic carbocycles. The van der Waals surface area contributed by atoms with E-state index < -0.39 is 7.37 Å². The number of fused-ring (bicyclic) bond motifs is 1. The molecule has 0 bridgehead atoms. The van der Waals surface area contributed by atoms with Gasteiger partial charge >= 0.3 is 0 Å². The molecule has 2 aromatic carbocycles. The molecule has 1 aliphatic rings. The van der Waals surface area contributed by atoms with Gasteiger partial charge in [-0.1, -0.05) is 12.1 Å². The molecule has 1 aromatic heterocycles. The number of nitrogens with one attached hydrogen (secondary N) is 1. The molecule has 2 atom stereocenters. The average molecular weight is 420 g/mol. The molecule has 3 N–H and O–H groups in total. The van der Waals surface area contributed by atoms with Gasteiger partial charge in [-0.25, -0.2) is 4.39 Å². The molecule has 3 aromatic rings. The molecular formula is C20H22FN2O3PS. The van der Waals surface area contributed by atoms with Gasteiger partial charge in [0.05, 0.1) is 11.6 Å². The number of hydrogen-bond acceptors (Lipinski definition) is 4. The van der Waals surface area contributed by atoms with E-state index in [2.05, 4.69) is 9.88 Å². The van der Waals surface area contributed by atoms with Crippen molar-refractivity contribution in [3.63, 3.8) is 0 Å². The second-order valence-corrected chi connectivity index (χ2v) is 11.2. The fourth-order valence-electron chi connectivity index (χ4n) is 3.48. The predicted molar refractivity (Wildman–Crippen MR) is 113 cm³/mol. The monoisotopic (exact) mass is 420 g/mol. The van der Waals surface area contributed by atoms with E-state index in [0.29, 0.717) is 17.6 Å². The van der Waals surface area contributed by atoms with E-state index >= 15 is 0 Å². The van der Waals surface area contributed by atoms with E-state index in [1.807, 2.05) is 24.3 Å². The standard InChI is InChI=1S/C20H22FN2O3PS/c1-27(25,26)12-28-20-10-22-19-9-18(21)16(8-17(19)20)13-2-4-14(5-3-13)23-7-6-15(24)11-23/h2-5,8-10,15,22,24H,6-7,11-12H2,1H3,(H,25,26)/t15-/m0/s1. The van der Waals surface area contributed by atoms with Crippen LogP contribution in [0.1, 0.15) is 6.42 Å². The van der Waals surface area contributed by atoms with Crippen LogP contribution in [0, 0.1) is 5.82 Å². The fourth-order valence-corrected chi connectivity index (χ4v) is 5.46. The highest BCUT2D eigenvalue weighted by Gasteiger charge is 2.20. The Morgan fingerprint density at radius 3 is 2.71 bits per heavy atom. The zero-order valence-electron chi connectivity index (χ0n) is 15.4. The average Bonchev–Trinajstić information content (AvgIpc) is 3.25. The highest BCUT2D eigenvalue weighted by Crippen LogP contribution is 2.44. The van der Waals surface area contributed by atoms with Crippen LogP contribution in [0.25, 0.3) is 22.0 Å². The van der Waals surface area contributed by atoms with Gasteiger partial charge in [0, 0.05) is 53.0 Å². The molecule has 0 amide bonds. The third-order valence-corrected chi connectivity index (χ3v) is 7.98. The number of aromatic nitrogens is 1. The van der Waals surface area contributed by atoms with Crippen molar-refractivity contribution >= 4 is 35.7 Å². The summed E-state index contributed by atoms with van der Waals surface area (Å²) in [7, 11) is -3.13. The first-order chi connectivity index (χ1) is 13.3. The molecule has 1 unspecified atom stereocenters. The highest BCUT2D eigenvalue weighted by molar-refractivity contribution is 8.05. The molecule has 1 fully saturated rings. The molecule has 0 spiro atoms. The van der Waals surface area contributed by atoms with Crippen molar-refractivity contribution in [1.82, 2.24) is 4.98 Å². The number of aliphatic hydroxyl groups excluding tert-OH is 1. The van der Waals surface area contributed by atoms with Gasteiger partial charge in [-0.15, -0.1) is 11.8 Å². The van der Waals surface area contributed by atoms with Crippen molar-refractivity contribution in [3.8, 4) is 11.1 Å². The smallest absolute Gasteiger partial charge is 0.207 e.